The molecule has 0 bridgehead atoms. The Morgan fingerprint density at radius 1 is 1.56 bits per heavy atom. The van der Waals surface area contributed by atoms with Gasteiger partial charge in [-0.25, -0.2) is 0 Å². The molecule has 0 fully saturated rings. The Kier molecular flexibility index (Phi) is 4.69. The van der Waals surface area contributed by atoms with Crippen molar-refractivity contribution in [3.63, 3.8) is 0 Å². The third kappa shape index (κ3) is 3.07. The summed E-state index contributed by atoms with van der Waals surface area (Å²) in [6.45, 7) is 5.52. The number of rotatable bonds is 6. The number of hydrogen-bond acceptors (Lipinski definition) is 3. The lowest BCUT2D eigenvalue weighted by Gasteiger charge is -2.07. The minimum absolute atomic E-state index is 0.625. The molecule has 2 rings (SSSR count). The summed E-state index contributed by atoms with van der Waals surface area (Å²) in [4.78, 5) is 3.05. The molecule has 1 aliphatic heterocycles. The van der Waals surface area contributed by atoms with Crippen molar-refractivity contribution < 1.29 is 4.55 Å². The van der Waals surface area contributed by atoms with Gasteiger partial charge in [-0.2, -0.15) is 0 Å². The van der Waals surface area contributed by atoms with Gasteiger partial charge in [-0.15, -0.1) is 6.58 Å². The van der Waals surface area contributed by atoms with Crippen molar-refractivity contribution in [2.45, 2.75) is 17.7 Å². The Bertz CT molecular complexity index is 422. The lowest BCUT2D eigenvalue weighted by molar-refractivity contribution is 0.598. The molecule has 1 heterocycles. The highest BCUT2D eigenvalue weighted by molar-refractivity contribution is 7.92. The molecule has 1 atom stereocenters. The van der Waals surface area contributed by atoms with Gasteiger partial charge in [0.2, 0.25) is 0 Å². The van der Waals surface area contributed by atoms with E-state index in [1.807, 2.05) is 13.1 Å². The van der Waals surface area contributed by atoms with Gasteiger partial charge in [0.05, 0.1) is 5.69 Å². The zero-order valence-corrected chi connectivity index (χ0v) is 11.6. The summed E-state index contributed by atoms with van der Waals surface area (Å²) >= 11 is -0.851. The van der Waals surface area contributed by atoms with E-state index in [1.54, 1.807) is 0 Å². The van der Waals surface area contributed by atoms with E-state index in [0.717, 1.165) is 36.5 Å². The van der Waals surface area contributed by atoms with E-state index < -0.39 is 11.2 Å². The lowest BCUT2D eigenvalue weighted by atomic mass is 10.1. The van der Waals surface area contributed by atoms with E-state index in [0.29, 0.717) is 5.88 Å². The van der Waals surface area contributed by atoms with Crippen molar-refractivity contribution in [3.05, 3.63) is 36.4 Å². The number of fused-ring (bicyclic) bond motifs is 1. The van der Waals surface area contributed by atoms with Crippen molar-refractivity contribution >= 4 is 16.9 Å². The average Bonchev–Trinajstić information content (AvgIpc) is 2.65. The molecular formula is C14H20N2OS. The van der Waals surface area contributed by atoms with Crippen LogP contribution in [0.3, 0.4) is 0 Å². The summed E-state index contributed by atoms with van der Waals surface area (Å²) in [5.74, 6) is 0.625. The van der Waals surface area contributed by atoms with Crippen LogP contribution in [0.25, 0.3) is 0 Å². The topological polar surface area (TPSA) is 38.3 Å². The third-order valence-corrected chi connectivity index (χ3v) is 4.54. The van der Waals surface area contributed by atoms with Gasteiger partial charge >= 0.3 is 0 Å². The lowest BCUT2D eigenvalue weighted by Crippen LogP contribution is -2.16. The molecule has 1 aromatic carbocycles. The van der Waals surface area contributed by atoms with Crippen molar-refractivity contribution in [2.75, 3.05) is 30.9 Å². The van der Waals surface area contributed by atoms with Crippen LogP contribution in [-0.2, 0) is 17.6 Å². The number of nitrogens with zero attached hydrogens (tertiary/aromatic N) is 1. The molecule has 98 valence electrons. The smallest absolute Gasteiger partial charge is 0.183 e. The maximum Gasteiger partial charge on any atom is 0.183 e. The number of anilines is 1. The maximum atomic E-state index is 11.9. The quantitative estimate of drug-likeness (QED) is 0.484. The maximum absolute atomic E-state index is 11.9. The molecule has 0 saturated heterocycles. The first-order chi connectivity index (χ1) is 8.72. The molecule has 18 heavy (non-hydrogen) atoms. The molecule has 0 aromatic heterocycles. The molecule has 4 heteroatoms. The fraction of sp³-hybridized carbons (Fsp3) is 0.429. The van der Waals surface area contributed by atoms with Crippen LogP contribution in [0.1, 0.15) is 12.0 Å². The van der Waals surface area contributed by atoms with Gasteiger partial charge < -0.3 is 14.8 Å². The van der Waals surface area contributed by atoms with Crippen molar-refractivity contribution in [1.29, 1.82) is 0 Å². The van der Waals surface area contributed by atoms with Gasteiger partial charge in [0, 0.05) is 24.8 Å². The van der Waals surface area contributed by atoms with E-state index in [9.17, 15) is 4.55 Å². The molecule has 0 saturated carbocycles. The van der Waals surface area contributed by atoms with Crippen LogP contribution in [0, 0.1) is 0 Å². The van der Waals surface area contributed by atoms with Crippen LogP contribution in [0.5, 0.6) is 0 Å². The number of benzene rings is 1. The summed E-state index contributed by atoms with van der Waals surface area (Å²) < 4.78 is 11.9. The van der Waals surface area contributed by atoms with E-state index in [4.69, 9.17) is 0 Å². The first-order valence-electron chi connectivity index (χ1n) is 6.26. The minimum Gasteiger partial charge on any atom is -0.610 e. The molecule has 1 aliphatic rings. The third-order valence-electron chi connectivity index (χ3n) is 3.10. The van der Waals surface area contributed by atoms with Crippen molar-refractivity contribution in [3.8, 4) is 0 Å². The van der Waals surface area contributed by atoms with E-state index >= 15 is 0 Å². The molecular weight excluding hydrogens is 244 g/mol. The van der Waals surface area contributed by atoms with Gasteiger partial charge in [0.25, 0.3) is 0 Å². The Labute approximate surface area is 112 Å². The first-order valence-corrected chi connectivity index (χ1v) is 7.58. The van der Waals surface area contributed by atoms with E-state index in [1.165, 1.54) is 5.56 Å². The van der Waals surface area contributed by atoms with Gasteiger partial charge in [0.1, 0.15) is 0 Å². The van der Waals surface area contributed by atoms with Crippen LogP contribution >= 0.6 is 0 Å². The molecule has 1 unspecified atom stereocenters. The zero-order valence-electron chi connectivity index (χ0n) is 10.8. The minimum atomic E-state index is -0.851. The largest absolute Gasteiger partial charge is 0.610 e. The molecule has 0 aliphatic carbocycles. The van der Waals surface area contributed by atoms with Crippen molar-refractivity contribution in [1.82, 2.24) is 5.32 Å². The van der Waals surface area contributed by atoms with Gasteiger partial charge in [-0.05, 0) is 37.1 Å². The highest BCUT2D eigenvalue weighted by Gasteiger charge is 2.28. The van der Waals surface area contributed by atoms with E-state index in [2.05, 4.69) is 35.0 Å². The number of hydrogen-bond donors (Lipinski definition) is 1. The molecule has 1 N–H and O–H groups in total. The van der Waals surface area contributed by atoms with Crippen LogP contribution in [0.2, 0.25) is 0 Å². The standard InChI is InChI=1S/C14H20N2OS/c1-3-8-15-9-4-5-12-6-7-13-14(10-12)18(17)11-16(13)2/h3,6-7,10,15H,1,4-5,8-9,11H2,2H3. The monoisotopic (exact) mass is 264 g/mol. The molecule has 0 spiro atoms. The Hall–Kier alpha value is -0.970. The van der Waals surface area contributed by atoms with Gasteiger partial charge in [-0.3, -0.25) is 0 Å². The second-order valence-electron chi connectivity index (χ2n) is 4.57. The highest BCUT2D eigenvalue weighted by atomic mass is 32.2. The summed E-state index contributed by atoms with van der Waals surface area (Å²) in [5.41, 5.74) is 2.39. The molecule has 0 radical (unpaired) electrons. The fourth-order valence-corrected chi connectivity index (χ4v) is 3.52. The van der Waals surface area contributed by atoms with Gasteiger partial charge in [-0.1, -0.05) is 12.1 Å². The van der Waals surface area contributed by atoms with Crippen LogP contribution in [0.15, 0.2) is 35.7 Å². The molecule has 0 amide bonds. The second kappa shape index (κ2) is 6.27. The second-order valence-corrected chi connectivity index (χ2v) is 5.96. The average molecular weight is 264 g/mol. The first kappa shape index (κ1) is 13.5. The summed E-state index contributed by atoms with van der Waals surface area (Å²) in [5, 5.41) is 3.29. The summed E-state index contributed by atoms with van der Waals surface area (Å²) in [7, 11) is 1.99. The van der Waals surface area contributed by atoms with Gasteiger partial charge in [0.15, 0.2) is 10.8 Å². The van der Waals surface area contributed by atoms with Crippen molar-refractivity contribution in [2.24, 2.45) is 0 Å². The Balaban J connectivity index is 1.91. The van der Waals surface area contributed by atoms with Crippen LogP contribution in [0.4, 0.5) is 5.69 Å². The Morgan fingerprint density at radius 2 is 2.39 bits per heavy atom. The van der Waals surface area contributed by atoms with Crippen LogP contribution < -0.4 is 10.2 Å². The normalized spacial score (nSPS) is 17.9. The van der Waals surface area contributed by atoms with E-state index in [-0.39, 0.29) is 0 Å². The molecule has 1 aromatic rings. The highest BCUT2D eigenvalue weighted by Crippen LogP contribution is 2.33. The Morgan fingerprint density at radius 3 is 3.17 bits per heavy atom. The predicted octanol–water partition coefficient (Wildman–Crippen LogP) is 1.91. The fourth-order valence-electron chi connectivity index (χ4n) is 2.15. The van der Waals surface area contributed by atoms with Crippen LogP contribution in [-0.4, -0.2) is 30.6 Å². The number of aryl methyl sites for hydroxylation is 1. The number of nitrogens with one attached hydrogen (secondary N) is 1. The zero-order chi connectivity index (χ0) is 13.0. The molecule has 3 nitrogen and oxygen atoms in total. The summed E-state index contributed by atoms with van der Waals surface area (Å²) in [6, 6.07) is 6.33. The SMILES string of the molecule is C=CCNCCCc1ccc2c(c1)[S+]([O-])CN2C. The summed E-state index contributed by atoms with van der Waals surface area (Å²) in [6.07, 6.45) is 3.99. The predicted molar refractivity (Wildman–Crippen MR) is 77.5 cm³/mol.